The van der Waals surface area contributed by atoms with E-state index in [0.717, 1.165) is 25.0 Å². The highest BCUT2D eigenvalue weighted by molar-refractivity contribution is 5.75. The highest BCUT2D eigenvalue weighted by Gasteiger charge is 2.18. The molecule has 1 aromatic carbocycles. The van der Waals surface area contributed by atoms with Crippen molar-refractivity contribution in [2.75, 3.05) is 6.54 Å². The lowest BCUT2D eigenvalue weighted by molar-refractivity contribution is -0.121. The molecule has 0 saturated carbocycles. The number of halogens is 2. The van der Waals surface area contributed by atoms with Crippen LogP contribution >= 0.6 is 0 Å². The first-order chi connectivity index (χ1) is 8.56. The predicted molar refractivity (Wildman–Crippen MR) is 63.9 cm³/mol. The molecule has 0 aliphatic rings. The van der Waals surface area contributed by atoms with Gasteiger partial charge in [0.1, 0.15) is 17.7 Å². The number of hydrogen-bond donors (Lipinski definition) is 2. The molecule has 0 aromatic heterocycles. The second kappa shape index (κ2) is 7.06. The summed E-state index contributed by atoms with van der Waals surface area (Å²) in [5, 5.41) is 12.1. The Balaban J connectivity index is 2.55. The van der Waals surface area contributed by atoms with Crippen molar-refractivity contribution in [1.29, 1.82) is 0 Å². The smallest absolute Gasteiger partial charge is 0.220 e. The van der Waals surface area contributed by atoms with Gasteiger partial charge in [0.25, 0.3) is 0 Å². The number of aliphatic hydroxyl groups excluding tert-OH is 1. The standard InChI is InChI=1S/C13H17F2NO2/c1-2-3-7-12(18)16-8-11(17)13-9(14)5-4-6-10(13)15/h4-6,11,17H,2-3,7-8H2,1H3,(H,16,18). The number of carbonyl (C=O) groups excluding carboxylic acids is 1. The summed E-state index contributed by atoms with van der Waals surface area (Å²) < 4.78 is 26.6. The van der Waals surface area contributed by atoms with Gasteiger partial charge in [0, 0.05) is 13.0 Å². The third-order valence-electron chi connectivity index (χ3n) is 2.58. The summed E-state index contributed by atoms with van der Waals surface area (Å²) in [6.45, 7) is 1.76. The molecule has 1 aromatic rings. The van der Waals surface area contributed by atoms with E-state index in [2.05, 4.69) is 5.32 Å². The van der Waals surface area contributed by atoms with Crippen molar-refractivity contribution in [3.63, 3.8) is 0 Å². The van der Waals surface area contributed by atoms with Crippen LogP contribution in [0.3, 0.4) is 0 Å². The summed E-state index contributed by atoms with van der Waals surface area (Å²) in [6, 6.07) is 3.36. The van der Waals surface area contributed by atoms with Gasteiger partial charge in [-0.1, -0.05) is 19.4 Å². The molecular formula is C13H17F2NO2. The third-order valence-corrected chi connectivity index (χ3v) is 2.58. The van der Waals surface area contributed by atoms with Crippen molar-refractivity contribution in [3.8, 4) is 0 Å². The van der Waals surface area contributed by atoms with Gasteiger partial charge in [-0.3, -0.25) is 4.79 Å². The number of hydrogen-bond acceptors (Lipinski definition) is 2. The van der Waals surface area contributed by atoms with Crippen LogP contribution in [0.4, 0.5) is 8.78 Å². The fraction of sp³-hybridized carbons (Fsp3) is 0.462. The zero-order chi connectivity index (χ0) is 13.5. The summed E-state index contributed by atoms with van der Waals surface area (Å²) in [5.41, 5.74) is -0.409. The van der Waals surface area contributed by atoms with Gasteiger partial charge < -0.3 is 10.4 Å². The van der Waals surface area contributed by atoms with E-state index < -0.39 is 23.3 Å². The largest absolute Gasteiger partial charge is 0.386 e. The minimum atomic E-state index is -1.38. The minimum absolute atomic E-state index is 0.194. The zero-order valence-corrected chi connectivity index (χ0v) is 10.2. The molecule has 3 nitrogen and oxygen atoms in total. The monoisotopic (exact) mass is 257 g/mol. The van der Waals surface area contributed by atoms with Crippen LogP contribution in [0.5, 0.6) is 0 Å². The Kier molecular flexibility index (Phi) is 5.71. The Bertz CT molecular complexity index is 390. The first-order valence-corrected chi connectivity index (χ1v) is 5.95. The van der Waals surface area contributed by atoms with E-state index in [1.165, 1.54) is 6.07 Å². The number of amides is 1. The summed E-state index contributed by atoms with van der Waals surface area (Å²) in [6.07, 6.45) is 0.605. The number of unbranched alkanes of at least 4 members (excludes halogenated alkanes) is 1. The molecular weight excluding hydrogens is 240 g/mol. The predicted octanol–water partition coefficient (Wildman–Crippen LogP) is 2.30. The topological polar surface area (TPSA) is 49.3 Å². The summed E-state index contributed by atoms with van der Waals surface area (Å²) >= 11 is 0. The molecule has 0 aliphatic heterocycles. The number of nitrogens with one attached hydrogen (secondary N) is 1. The molecule has 0 spiro atoms. The SMILES string of the molecule is CCCCC(=O)NCC(O)c1c(F)cccc1F. The van der Waals surface area contributed by atoms with Gasteiger partial charge in [-0.25, -0.2) is 8.78 Å². The van der Waals surface area contributed by atoms with Gasteiger partial charge in [-0.15, -0.1) is 0 Å². The normalized spacial score (nSPS) is 12.2. The van der Waals surface area contributed by atoms with Crippen LogP contribution in [0, 0.1) is 11.6 Å². The van der Waals surface area contributed by atoms with E-state index in [-0.39, 0.29) is 12.5 Å². The Morgan fingerprint density at radius 1 is 1.39 bits per heavy atom. The molecule has 0 bridgehead atoms. The second-order valence-corrected chi connectivity index (χ2v) is 4.06. The van der Waals surface area contributed by atoms with E-state index in [9.17, 15) is 18.7 Å². The van der Waals surface area contributed by atoms with Crippen molar-refractivity contribution in [2.45, 2.75) is 32.3 Å². The van der Waals surface area contributed by atoms with E-state index in [4.69, 9.17) is 0 Å². The molecule has 1 rings (SSSR count). The summed E-state index contributed by atoms with van der Waals surface area (Å²) in [5.74, 6) is -1.86. The lowest BCUT2D eigenvalue weighted by atomic mass is 10.1. The van der Waals surface area contributed by atoms with E-state index in [1.54, 1.807) is 0 Å². The van der Waals surface area contributed by atoms with Crippen LogP contribution in [0.2, 0.25) is 0 Å². The van der Waals surface area contributed by atoms with Crippen molar-refractivity contribution in [2.24, 2.45) is 0 Å². The molecule has 0 aliphatic carbocycles. The number of benzene rings is 1. The van der Waals surface area contributed by atoms with Crippen LogP contribution in [0.25, 0.3) is 0 Å². The molecule has 1 atom stereocenters. The molecule has 1 amide bonds. The maximum Gasteiger partial charge on any atom is 0.220 e. The Morgan fingerprint density at radius 2 is 2.00 bits per heavy atom. The van der Waals surface area contributed by atoms with Gasteiger partial charge in [-0.2, -0.15) is 0 Å². The van der Waals surface area contributed by atoms with Crippen LogP contribution in [-0.4, -0.2) is 17.6 Å². The van der Waals surface area contributed by atoms with Gasteiger partial charge in [-0.05, 0) is 18.6 Å². The first-order valence-electron chi connectivity index (χ1n) is 5.95. The Hall–Kier alpha value is -1.49. The number of rotatable bonds is 6. The minimum Gasteiger partial charge on any atom is -0.386 e. The molecule has 1 unspecified atom stereocenters. The average molecular weight is 257 g/mol. The van der Waals surface area contributed by atoms with Crippen molar-refractivity contribution in [3.05, 3.63) is 35.4 Å². The van der Waals surface area contributed by atoms with Crippen molar-refractivity contribution >= 4 is 5.91 Å². The Labute approximate surface area is 105 Å². The van der Waals surface area contributed by atoms with Gasteiger partial charge in [0.05, 0.1) is 5.56 Å². The number of aliphatic hydroxyl groups is 1. The van der Waals surface area contributed by atoms with Gasteiger partial charge in [0.2, 0.25) is 5.91 Å². The second-order valence-electron chi connectivity index (χ2n) is 4.06. The van der Waals surface area contributed by atoms with Crippen molar-refractivity contribution < 1.29 is 18.7 Å². The molecule has 100 valence electrons. The third kappa shape index (κ3) is 4.07. The molecule has 0 heterocycles. The lowest BCUT2D eigenvalue weighted by Crippen LogP contribution is -2.28. The maximum atomic E-state index is 13.3. The van der Waals surface area contributed by atoms with E-state index in [1.807, 2.05) is 6.92 Å². The van der Waals surface area contributed by atoms with E-state index >= 15 is 0 Å². The average Bonchev–Trinajstić information content (AvgIpc) is 2.33. The summed E-state index contributed by atoms with van der Waals surface area (Å²) in [4.78, 5) is 11.3. The van der Waals surface area contributed by atoms with Gasteiger partial charge >= 0.3 is 0 Å². The zero-order valence-electron chi connectivity index (χ0n) is 10.2. The van der Waals surface area contributed by atoms with Crippen LogP contribution in [0.1, 0.15) is 37.9 Å². The first kappa shape index (κ1) is 14.6. The molecule has 5 heteroatoms. The molecule has 0 radical (unpaired) electrons. The maximum absolute atomic E-state index is 13.3. The lowest BCUT2D eigenvalue weighted by Gasteiger charge is -2.13. The quantitative estimate of drug-likeness (QED) is 0.821. The molecule has 0 saturated heterocycles. The van der Waals surface area contributed by atoms with Gasteiger partial charge in [0.15, 0.2) is 0 Å². The molecule has 2 N–H and O–H groups in total. The van der Waals surface area contributed by atoms with Crippen LogP contribution in [0.15, 0.2) is 18.2 Å². The fourth-order valence-corrected chi connectivity index (χ4v) is 1.57. The molecule has 0 fully saturated rings. The van der Waals surface area contributed by atoms with Crippen LogP contribution in [-0.2, 0) is 4.79 Å². The highest BCUT2D eigenvalue weighted by atomic mass is 19.1. The fourth-order valence-electron chi connectivity index (χ4n) is 1.57. The van der Waals surface area contributed by atoms with E-state index in [0.29, 0.717) is 6.42 Å². The van der Waals surface area contributed by atoms with Crippen LogP contribution < -0.4 is 5.32 Å². The number of carbonyl (C=O) groups is 1. The van der Waals surface area contributed by atoms with Crippen molar-refractivity contribution in [1.82, 2.24) is 5.32 Å². The highest BCUT2D eigenvalue weighted by Crippen LogP contribution is 2.19. The molecule has 18 heavy (non-hydrogen) atoms. The summed E-state index contributed by atoms with van der Waals surface area (Å²) in [7, 11) is 0. The Morgan fingerprint density at radius 3 is 2.56 bits per heavy atom.